The summed E-state index contributed by atoms with van der Waals surface area (Å²) in [5, 5.41) is 3.07. The minimum Gasteiger partial charge on any atom is -0.345 e. The van der Waals surface area contributed by atoms with Gasteiger partial charge in [0.25, 0.3) is 5.91 Å². The largest absolute Gasteiger partial charge is 0.345 e. The summed E-state index contributed by atoms with van der Waals surface area (Å²) in [6.07, 6.45) is 0. The second-order valence-electron chi connectivity index (χ2n) is 7.08. The number of hydrogen-bond donors (Lipinski definition) is 2. The summed E-state index contributed by atoms with van der Waals surface area (Å²) >= 11 is 0. The molecule has 1 atom stereocenters. The molecule has 4 nitrogen and oxygen atoms in total. The highest BCUT2D eigenvalue weighted by atomic mass is 16.1. The van der Waals surface area contributed by atoms with Crippen LogP contribution < -0.4 is 11.1 Å². The molecule has 1 rings (SSSR count). The Morgan fingerprint density at radius 2 is 1.78 bits per heavy atom. The summed E-state index contributed by atoms with van der Waals surface area (Å²) < 4.78 is 0. The molecule has 0 bridgehead atoms. The van der Waals surface area contributed by atoms with Gasteiger partial charge in [-0.15, -0.1) is 0 Å². The average molecular weight is 319 g/mol. The molecular formula is C19H33N3O. The van der Waals surface area contributed by atoms with Crippen LogP contribution in [0.1, 0.15) is 57.5 Å². The van der Waals surface area contributed by atoms with Gasteiger partial charge in [0.15, 0.2) is 0 Å². The van der Waals surface area contributed by atoms with Gasteiger partial charge in [-0.25, -0.2) is 0 Å². The van der Waals surface area contributed by atoms with E-state index in [4.69, 9.17) is 5.73 Å². The third-order valence-electron chi connectivity index (χ3n) is 4.84. The highest BCUT2D eigenvalue weighted by molar-refractivity contribution is 5.94. The van der Waals surface area contributed by atoms with E-state index in [0.717, 1.165) is 13.1 Å². The van der Waals surface area contributed by atoms with Crippen molar-refractivity contribution < 1.29 is 4.79 Å². The number of benzene rings is 1. The van der Waals surface area contributed by atoms with Crippen LogP contribution in [0.2, 0.25) is 0 Å². The number of amides is 1. The van der Waals surface area contributed by atoms with Gasteiger partial charge >= 0.3 is 0 Å². The first kappa shape index (κ1) is 19.7. The zero-order chi connectivity index (χ0) is 17.6. The molecule has 4 heteroatoms. The Kier molecular flexibility index (Phi) is 7.23. The fourth-order valence-electron chi connectivity index (χ4n) is 2.42. The molecule has 0 aliphatic heterocycles. The van der Waals surface area contributed by atoms with Crippen molar-refractivity contribution in [3.63, 3.8) is 0 Å². The lowest BCUT2D eigenvalue weighted by Gasteiger charge is -2.33. The third-order valence-corrected chi connectivity index (χ3v) is 4.84. The summed E-state index contributed by atoms with van der Waals surface area (Å²) in [5.74, 6) is 0.217. The van der Waals surface area contributed by atoms with Gasteiger partial charge in [0, 0.05) is 24.7 Å². The van der Waals surface area contributed by atoms with Crippen molar-refractivity contribution in [3.05, 3.63) is 35.4 Å². The predicted molar refractivity (Wildman–Crippen MR) is 97.4 cm³/mol. The molecule has 0 fully saturated rings. The van der Waals surface area contributed by atoms with Gasteiger partial charge in [0.05, 0.1) is 5.54 Å². The quantitative estimate of drug-likeness (QED) is 0.774. The monoisotopic (exact) mass is 319 g/mol. The van der Waals surface area contributed by atoms with Crippen molar-refractivity contribution in [3.8, 4) is 0 Å². The van der Waals surface area contributed by atoms with Gasteiger partial charge in [-0.2, -0.15) is 0 Å². The summed E-state index contributed by atoms with van der Waals surface area (Å²) in [5.41, 5.74) is 7.36. The SMILES string of the molecule is CCN(Cc1ccc(C(=O)NC(C)(CN)C(C)C)cc1)C(C)C. The van der Waals surface area contributed by atoms with E-state index < -0.39 is 0 Å². The van der Waals surface area contributed by atoms with E-state index in [9.17, 15) is 4.79 Å². The number of nitrogens with one attached hydrogen (secondary N) is 1. The summed E-state index contributed by atoms with van der Waals surface area (Å²) in [7, 11) is 0. The van der Waals surface area contributed by atoms with Crippen molar-refractivity contribution in [2.45, 2.75) is 59.7 Å². The second kappa shape index (κ2) is 8.46. The number of rotatable bonds is 8. The molecule has 0 aliphatic carbocycles. The van der Waals surface area contributed by atoms with Crippen LogP contribution >= 0.6 is 0 Å². The van der Waals surface area contributed by atoms with Crippen molar-refractivity contribution in [2.24, 2.45) is 11.7 Å². The highest BCUT2D eigenvalue weighted by Crippen LogP contribution is 2.16. The normalized spacial score (nSPS) is 14.3. The Bertz CT molecular complexity index is 496. The van der Waals surface area contributed by atoms with Crippen molar-refractivity contribution in [1.82, 2.24) is 10.2 Å². The van der Waals surface area contributed by atoms with E-state index in [1.54, 1.807) is 0 Å². The standard InChI is InChI=1S/C19H33N3O/c1-7-22(15(4)5)12-16-8-10-17(11-9-16)18(23)21-19(6,13-20)14(2)3/h8-11,14-15H,7,12-13,20H2,1-6H3,(H,21,23). The first-order chi connectivity index (χ1) is 10.7. The zero-order valence-corrected chi connectivity index (χ0v) is 15.5. The van der Waals surface area contributed by atoms with Crippen LogP contribution in [0.3, 0.4) is 0 Å². The van der Waals surface area contributed by atoms with Gasteiger partial charge in [-0.3, -0.25) is 9.69 Å². The minimum absolute atomic E-state index is 0.0607. The molecule has 0 heterocycles. The maximum atomic E-state index is 12.4. The Morgan fingerprint density at radius 1 is 1.22 bits per heavy atom. The topological polar surface area (TPSA) is 58.4 Å². The third kappa shape index (κ3) is 5.33. The molecule has 1 aromatic carbocycles. The fraction of sp³-hybridized carbons (Fsp3) is 0.632. The van der Waals surface area contributed by atoms with Crippen molar-refractivity contribution >= 4 is 5.91 Å². The number of nitrogens with two attached hydrogens (primary N) is 1. The highest BCUT2D eigenvalue weighted by Gasteiger charge is 2.28. The number of nitrogens with zero attached hydrogens (tertiary/aromatic N) is 1. The first-order valence-corrected chi connectivity index (χ1v) is 8.59. The Balaban J connectivity index is 2.78. The fourth-order valence-corrected chi connectivity index (χ4v) is 2.42. The summed E-state index contributed by atoms with van der Waals surface area (Å²) in [6.45, 7) is 15.0. The van der Waals surface area contributed by atoms with Crippen LogP contribution in [0, 0.1) is 5.92 Å². The second-order valence-corrected chi connectivity index (χ2v) is 7.08. The molecule has 0 aromatic heterocycles. The molecule has 1 amide bonds. The van der Waals surface area contributed by atoms with E-state index in [0.29, 0.717) is 18.2 Å². The van der Waals surface area contributed by atoms with Gasteiger partial charge in [-0.1, -0.05) is 32.9 Å². The lowest BCUT2D eigenvalue weighted by atomic mass is 9.88. The maximum Gasteiger partial charge on any atom is 0.251 e. The molecule has 1 unspecified atom stereocenters. The molecular weight excluding hydrogens is 286 g/mol. The van der Waals surface area contributed by atoms with Crippen LogP contribution in [0.15, 0.2) is 24.3 Å². The van der Waals surface area contributed by atoms with Crippen LogP contribution in [-0.2, 0) is 6.54 Å². The van der Waals surface area contributed by atoms with Crippen molar-refractivity contribution in [1.29, 1.82) is 0 Å². The average Bonchev–Trinajstić information content (AvgIpc) is 2.52. The molecule has 1 aromatic rings. The van der Waals surface area contributed by atoms with E-state index in [1.807, 2.05) is 31.2 Å². The molecule has 130 valence electrons. The number of carbonyl (C=O) groups excluding carboxylic acids is 1. The smallest absolute Gasteiger partial charge is 0.251 e. The lowest BCUT2D eigenvalue weighted by Crippen LogP contribution is -2.55. The predicted octanol–water partition coefficient (Wildman–Crippen LogP) is 3.02. The maximum absolute atomic E-state index is 12.4. The Hall–Kier alpha value is -1.39. The van der Waals surface area contributed by atoms with Crippen LogP contribution in [0.5, 0.6) is 0 Å². The molecule has 23 heavy (non-hydrogen) atoms. The minimum atomic E-state index is -0.383. The van der Waals surface area contributed by atoms with E-state index >= 15 is 0 Å². The van der Waals surface area contributed by atoms with E-state index in [1.165, 1.54) is 5.56 Å². The van der Waals surface area contributed by atoms with Crippen LogP contribution in [-0.4, -0.2) is 35.5 Å². The molecule has 3 N–H and O–H groups in total. The molecule has 0 radical (unpaired) electrons. The van der Waals surface area contributed by atoms with E-state index in [-0.39, 0.29) is 17.4 Å². The van der Waals surface area contributed by atoms with Crippen LogP contribution in [0.4, 0.5) is 0 Å². The molecule has 0 saturated heterocycles. The van der Waals surface area contributed by atoms with Gasteiger partial charge in [0.2, 0.25) is 0 Å². The van der Waals surface area contributed by atoms with Gasteiger partial charge < -0.3 is 11.1 Å². The van der Waals surface area contributed by atoms with E-state index in [2.05, 4.69) is 44.8 Å². The lowest BCUT2D eigenvalue weighted by molar-refractivity contribution is 0.0883. The Labute approximate surface area is 141 Å². The van der Waals surface area contributed by atoms with Crippen molar-refractivity contribution in [2.75, 3.05) is 13.1 Å². The Morgan fingerprint density at radius 3 is 2.17 bits per heavy atom. The number of carbonyl (C=O) groups is 1. The summed E-state index contributed by atoms with van der Waals surface area (Å²) in [4.78, 5) is 14.8. The molecule has 0 spiro atoms. The summed E-state index contributed by atoms with van der Waals surface area (Å²) in [6, 6.07) is 8.38. The zero-order valence-electron chi connectivity index (χ0n) is 15.5. The first-order valence-electron chi connectivity index (χ1n) is 8.59. The van der Waals surface area contributed by atoms with Gasteiger partial charge in [-0.05, 0) is 50.9 Å². The molecule has 0 aliphatic rings. The number of hydrogen-bond acceptors (Lipinski definition) is 3. The van der Waals surface area contributed by atoms with Crippen LogP contribution in [0.25, 0.3) is 0 Å². The molecule has 0 saturated carbocycles. The van der Waals surface area contributed by atoms with Gasteiger partial charge in [0.1, 0.15) is 0 Å².